The summed E-state index contributed by atoms with van der Waals surface area (Å²) in [6.07, 6.45) is 0.973. The van der Waals surface area contributed by atoms with Crippen LogP contribution in [0.4, 0.5) is 5.69 Å². The first-order valence-corrected chi connectivity index (χ1v) is 6.34. The lowest BCUT2D eigenvalue weighted by molar-refractivity contribution is -0.386. The van der Waals surface area contributed by atoms with Crippen LogP contribution in [0, 0.1) is 17.0 Å². The fraction of sp³-hybridized carbons (Fsp3) is 0.125. The van der Waals surface area contributed by atoms with E-state index < -0.39 is 22.1 Å². The number of phenolic OH excluding ortho intramolecular Hbond substituents is 4. The predicted molar refractivity (Wildman–Crippen MR) is 88.4 cm³/mol. The van der Waals surface area contributed by atoms with Crippen LogP contribution in [0.5, 0.6) is 23.0 Å². The van der Waals surface area contributed by atoms with E-state index in [0.29, 0.717) is 23.7 Å². The van der Waals surface area contributed by atoms with E-state index in [9.17, 15) is 19.7 Å². The summed E-state index contributed by atoms with van der Waals surface area (Å²) >= 11 is 0. The van der Waals surface area contributed by atoms with Crippen molar-refractivity contribution in [2.24, 2.45) is 0 Å². The molecule has 0 aliphatic heterocycles. The zero-order chi connectivity index (χ0) is 18.4. The Balaban J connectivity index is 0.000000449. The number of hydrogen-bond donors (Lipinski definition) is 4. The number of nitrogens with zero attached hydrogens (tertiary/aromatic N) is 1. The quantitative estimate of drug-likeness (QED) is 0.284. The second kappa shape index (κ2) is 8.87. The maximum Gasteiger partial charge on any atom is 0.315 e. The molecular weight excluding hydrogens is 334 g/mol. The van der Waals surface area contributed by atoms with E-state index >= 15 is 0 Å². The monoisotopic (exact) mass is 351 g/mol. The molecule has 0 radical (unpaired) electrons. The van der Waals surface area contributed by atoms with Gasteiger partial charge >= 0.3 is 5.69 Å². The van der Waals surface area contributed by atoms with Crippen LogP contribution in [0.2, 0.25) is 0 Å². The molecule has 0 aliphatic carbocycles. The topological polar surface area (TPSA) is 158 Å². The first-order valence-electron chi connectivity index (χ1n) is 6.34. The van der Waals surface area contributed by atoms with Crippen LogP contribution in [0.25, 0.3) is 0 Å². The molecule has 0 bridgehead atoms. The van der Waals surface area contributed by atoms with Gasteiger partial charge in [-0.25, -0.2) is 0 Å². The van der Waals surface area contributed by atoms with Gasteiger partial charge in [0.05, 0.1) is 4.92 Å². The molecule has 0 atom stereocenters. The van der Waals surface area contributed by atoms with E-state index in [-0.39, 0.29) is 24.5 Å². The highest BCUT2D eigenvalue weighted by Crippen LogP contribution is 2.35. The molecule has 9 nitrogen and oxygen atoms in total. The first kappa shape index (κ1) is 21.4. The van der Waals surface area contributed by atoms with Gasteiger partial charge in [-0.3, -0.25) is 19.7 Å². The van der Waals surface area contributed by atoms with Crippen LogP contribution in [0.1, 0.15) is 33.7 Å². The van der Waals surface area contributed by atoms with Crippen molar-refractivity contribution < 1.29 is 34.9 Å². The molecule has 0 saturated heterocycles. The van der Waals surface area contributed by atoms with E-state index in [1.807, 2.05) is 0 Å². The molecule has 0 aliphatic rings. The maximum absolute atomic E-state index is 10.3. The molecule has 0 unspecified atom stereocenters. The molecule has 0 saturated carbocycles. The minimum absolute atomic E-state index is 0. The Morgan fingerprint density at radius 3 is 1.96 bits per heavy atom. The summed E-state index contributed by atoms with van der Waals surface area (Å²) in [5.41, 5.74) is 0.278. The summed E-state index contributed by atoms with van der Waals surface area (Å²) < 4.78 is 0. The van der Waals surface area contributed by atoms with Crippen LogP contribution < -0.4 is 0 Å². The standard InChI is InChI=1S/C8H8O3.C7H5NO5.CH4/c1-5-2-7(10)8(11)3-6(5)4-9;9-3-4-1-5(8(12)13)7(11)6(10)2-4;/h2-4,10-11H,1H3;1-3,10-11H;1H4. The Labute approximate surface area is 142 Å². The number of nitro groups is 1. The third-order valence-corrected chi connectivity index (χ3v) is 2.91. The van der Waals surface area contributed by atoms with Crippen molar-refractivity contribution in [3.8, 4) is 23.0 Å². The number of phenols is 4. The van der Waals surface area contributed by atoms with E-state index in [1.54, 1.807) is 6.92 Å². The largest absolute Gasteiger partial charge is 0.504 e. The van der Waals surface area contributed by atoms with Gasteiger partial charge in [0.2, 0.25) is 5.75 Å². The molecule has 0 fully saturated rings. The van der Waals surface area contributed by atoms with E-state index in [1.165, 1.54) is 12.1 Å². The lowest BCUT2D eigenvalue weighted by Crippen LogP contribution is -1.91. The Morgan fingerprint density at radius 2 is 1.48 bits per heavy atom. The second-order valence-electron chi connectivity index (χ2n) is 4.60. The molecule has 2 aromatic carbocycles. The molecule has 9 heteroatoms. The summed E-state index contributed by atoms with van der Waals surface area (Å²) in [4.78, 5) is 29.9. The minimum Gasteiger partial charge on any atom is -0.504 e. The van der Waals surface area contributed by atoms with Crippen LogP contribution in [0.3, 0.4) is 0 Å². The van der Waals surface area contributed by atoms with Crippen molar-refractivity contribution in [1.82, 2.24) is 0 Å². The van der Waals surface area contributed by atoms with Crippen LogP contribution in [0.15, 0.2) is 24.3 Å². The number of carbonyl (C=O) groups is 2. The van der Waals surface area contributed by atoms with Gasteiger partial charge in [0, 0.05) is 17.2 Å². The maximum atomic E-state index is 10.3. The number of benzene rings is 2. The summed E-state index contributed by atoms with van der Waals surface area (Å²) in [5.74, 6) is -1.99. The third-order valence-electron chi connectivity index (χ3n) is 2.91. The Morgan fingerprint density at radius 1 is 0.920 bits per heavy atom. The number of carbonyl (C=O) groups excluding carboxylic acids is 2. The number of rotatable bonds is 3. The molecule has 2 aromatic rings. The molecule has 25 heavy (non-hydrogen) atoms. The lowest BCUT2D eigenvalue weighted by Gasteiger charge is -2.00. The van der Waals surface area contributed by atoms with Gasteiger partial charge < -0.3 is 20.4 Å². The fourth-order valence-corrected chi connectivity index (χ4v) is 1.66. The average Bonchev–Trinajstić information content (AvgIpc) is 2.53. The number of hydrogen-bond acceptors (Lipinski definition) is 8. The smallest absolute Gasteiger partial charge is 0.315 e. The summed E-state index contributed by atoms with van der Waals surface area (Å²) in [6, 6.07) is 4.40. The Hall–Kier alpha value is -3.62. The van der Waals surface area contributed by atoms with Crippen LogP contribution in [-0.4, -0.2) is 37.9 Å². The fourth-order valence-electron chi connectivity index (χ4n) is 1.66. The van der Waals surface area contributed by atoms with Crippen molar-refractivity contribution in [2.45, 2.75) is 14.4 Å². The highest BCUT2D eigenvalue weighted by molar-refractivity contribution is 5.79. The zero-order valence-corrected chi connectivity index (χ0v) is 12.3. The van der Waals surface area contributed by atoms with E-state index in [0.717, 1.165) is 12.1 Å². The van der Waals surface area contributed by atoms with Gasteiger partial charge in [-0.05, 0) is 30.7 Å². The van der Waals surface area contributed by atoms with E-state index in [4.69, 9.17) is 20.4 Å². The number of aromatic hydroxyl groups is 4. The number of nitro benzene ring substituents is 1. The van der Waals surface area contributed by atoms with Crippen molar-refractivity contribution in [1.29, 1.82) is 0 Å². The van der Waals surface area contributed by atoms with Gasteiger partial charge in [0.15, 0.2) is 17.2 Å². The lowest BCUT2D eigenvalue weighted by atomic mass is 10.1. The first-order chi connectivity index (χ1) is 11.2. The van der Waals surface area contributed by atoms with Crippen LogP contribution >= 0.6 is 0 Å². The minimum atomic E-state index is -0.887. The summed E-state index contributed by atoms with van der Waals surface area (Å²) in [5, 5.41) is 46.1. The normalized spacial score (nSPS) is 9.16. The van der Waals surface area contributed by atoms with Crippen molar-refractivity contribution in [2.75, 3.05) is 0 Å². The zero-order valence-electron chi connectivity index (χ0n) is 12.3. The van der Waals surface area contributed by atoms with E-state index in [2.05, 4.69) is 0 Å². The van der Waals surface area contributed by atoms with Crippen molar-refractivity contribution >= 4 is 18.3 Å². The highest BCUT2D eigenvalue weighted by Gasteiger charge is 2.18. The molecule has 0 amide bonds. The van der Waals surface area contributed by atoms with Crippen LogP contribution in [-0.2, 0) is 0 Å². The van der Waals surface area contributed by atoms with Gasteiger partial charge in [-0.2, -0.15) is 0 Å². The molecule has 4 N–H and O–H groups in total. The third kappa shape index (κ3) is 5.20. The molecule has 134 valence electrons. The average molecular weight is 351 g/mol. The molecule has 0 heterocycles. The predicted octanol–water partition coefficient (Wildman–Crippen LogP) is 2.67. The second-order valence-corrected chi connectivity index (χ2v) is 4.60. The molecule has 2 rings (SSSR count). The Bertz CT molecular complexity index is 801. The van der Waals surface area contributed by atoms with Gasteiger partial charge in [-0.1, -0.05) is 7.43 Å². The van der Waals surface area contributed by atoms with Crippen molar-refractivity contribution in [3.63, 3.8) is 0 Å². The van der Waals surface area contributed by atoms with Gasteiger partial charge in [0.25, 0.3) is 0 Å². The van der Waals surface area contributed by atoms with Gasteiger partial charge in [0.1, 0.15) is 12.6 Å². The number of aryl methyl sites for hydroxylation is 1. The van der Waals surface area contributed by atoms with Gasteiger partial charge in [-0.15, -0.1) is 0 Å². The highest BCUT2D eigenvalue weighted by atomic mass is 16.6. The SMILES string of the molecule is C.Cc1cc(O)c(O)cc1C=O.O=Cc1cc(O)c(O)c([N+](=O)[O-])c1. The summed E-state index contributed by atoms with van der Waals surface area (Å²) in [7, 11) is 0. The molecular formula is C16H17NO8. The van der Waals surface area contributed by atoms with Crippen molar-refractivity contribution in [3.05, 3.63) is 51.1 Å². The summed E-state index contributed by atoms with van der Waals surface area (Å²) in [6.45, 7) is 1.68. The molecule has 0 aromatic heterocycles. The number of aldehydes is 2. The molecule has 0 spiro atoms. The Kier molecular flexibility index (Phi) is 7.58.